The molecule has 6 nitrogen and oxygen atoms in total. The van der Waals surface area contributed by atoms with Crippen LogP contribution in [0, 0.1) is 5.92 Å². The van der Waals surface area contributed by atoms with Crippen LogP contribution in [0.2, 0.25) is 0 Å². The van der Waals surface area contributed by atoms with Gasteiger partial charge >= 0.3 is 12.0 Å². The number of aromatic nitrogens is 1. The van der Waals surface area contributed by atoms with Crippen LogP contribution in [0.4, 0.5) is 4.79 Å². The monoisotopic (exact) mass is 277 g/mol. The predicted molar refractivity (Wildman–Crippen MR) is 73.1 cm³/mol. The molecule has 108 valence electrons. The summed E-state index contributed by atoms with van der Waals surface area (Å²) in [5.41, 5.74) is 1.88. The van der Waals surface area contributed by atoms with Crippen molar-refractivity contribution >= 4 is 12.0 Å². The van der Waals surface area contributed by atoms with Crippen molar-refractivity contribution in [2.45, 2.75) is 38.8 Å². The Morgan fingerprint density at radius 1 is 1.50 bits per heavy atom. The summed E-state index contributed by atoms with van der Waals surface area (Å²) in [4.78, 5) is 27.0. The zero-order valence-corrected chi connectivity index (χ0v) is 11.4. The molecule has 3 N–H and O–H groups in total. The van der Waals surface area contributed by atoms with Gasteiger partial charge in [0.2, 0.25) is 0 Å². The molecule has 0 spiro atoms. The number of hydrogen-bond acceptors (Lipinski definition) is 3. The highest BCUT2D eigenvalue weighted by atomic mass is 16.4. The molecule has 1 fully saturated rings. The van der Waals surface area contributed by atoms with Gasteiger partial charge in [0.1, 0.15) is 6.04 Å². The van der Waals surface area contributed by atoms with Gasteiger partial charge in [-0.05, 0) is 36.8 Å². The smallest absolute Gasteiger partial charge is 0.326 e. The third-order valence-corrected chi connectivity index (χ3v) is 3.43. The number of carboxylic acids is 1. The highest BCUT2D eigenvalue weighted by Crippen LogP contribution is 2.32. The number of amides is 2. The van der Waals surface area contributed by atoms with Crippen molar-refractivity contribution in [2.75, 3.05) is 0 Å². The molecule has 1 aliphatic rings. The van der Waals surface area contributed by atoms with Gasteiger partial charge in [-0.3, -0.25) is 4.98 Å². The third kappa shape index (κ3) is 3.69. The van der Waals surface area contributed by atoms with Crippen LogP contribution in [0.5, 0.6) is 0 Å². The molecule has 1 saturated carbocycles. The molecule has 6 heteroatoms. The van der Waals surface area contributed by atoms with E-state index >= 15 is 0 Å². The first-order valence-electron chi connectivity index (χ1n) is 6.81. The van der Waals surface area contributed by atoms with E-state index < -0.39 is 18.0 Å². The van der Waals surface area contributed by atoms with Gasteiger partial charge in [0.05, 0.1) is 12.2 Å². The SMILES string of the molecule is CCc1cccnc1CNC(=O)NC(C(=O)O)C1CC1. The number of nitrogens with one attached hydrogen (secondary N) is 2. The van der Waals surface area contributed by atoms with Crippen LogP contribution in [0.15, 0.2) is 18.3 Å². The number of carboxylic acid groups (broad SMARTS) is 1. The van der Waals surface area contributed by atoms with Gasteiger partial charge in [-0.25, -0.2) is 9.59 Å². The Bertz CT molecular complexity index is 500. The van der Waals surface area contributed by atoms with Crippen molar-refractivity contribution in [2.24, 2.45) is 5.92 Å². The molecule has 0 bridgehead atoms. The zero-order chi connectivity index (χ0) is 14.5. The largest absolute Gasteiger partial charge is 0.480 e. The van der Waals surface area contributed by atoms with E-state index in [1.165, 1.54) is 0 Å². The molecule has 1 aromatic heterocycles. The number of rotatable bonds is 6. The molecule has 1 unspecified atom stereocenters. The van der Waals surface area contributed by atoms with Crippen molar-refractivity contribution in [1.29, 1.82) is 0 Å². The maximum Gasteiger partial charge on any atom is 0.326 e. The minimum atomic E-state index is -0.977. The van der Waals surface area contributed by atoms with Crippen molar-refractivity contribution in [3.05, 3.63) is 29.6 Å². The molecule has 1 atom stereocenters. The quantitative estimate of drug-likeness (QED) is 0.731. The molecular formula is C14H19N3O3. The van der Waals surface area contributed by atoms with Gasteiger partial charge in [-0.15, -0.1) is 0 Å². The second-order valence-electron chi connectivity index (χ2n) is 4.94. The van der Waals surface area contributed by atoms with E-state index in [1.54, 1.807) is 6.20 Å². The molecule has 0 aliphatic heterocycles. The van der Waals surface area contributed by atoms with Crippen LogP contribution in [-0.4, -0.2) is 28.1 Å². The van der Waals surface area contributed by atoms with Gasteiger partial charge < -0.3 is 15.7 Å². The van der Waals surface area contributed by atoms with Crippen LogP contribution < -0.4 is 10.6 Å². The number of urea groups is 1. The summed E-state index contributed by atoms with van der Waals surface area (Å²) in [5, 5.41) is 14.2. The number of aliphatic carboxylic acids is 1. The molecular weight excluding hydrogens is 258 g/mol. The Labute approximate surface area is 117 Å². The minimum Gasteiger partial charge on any atom is -0.480 e. The highest BCUT2D eigenvalue weighted by molar-refractivity contribution is 5.83. The van der Waals surface area contributed by atoms with Gasteiger partial charge in [0.15, 0.2) is 0 Å². The summed E-state index contributed by atoms with van der Waals surface area (Å²) in [6.45, 7) is 2.32. The topological polar surface area (TPSA) is 91.3 Å². The molecule has 0 aromatic carbocycles. The summed E-state index contributed by atoms with van der Waals surface area (Å²) in [6.07, 6.45) is 4.24. The maximum atomic E-state index is 11.7. The van der Waals surface area contributed by atoms with Crippen LogP contribution in [-0.2, 0) is 17.8 Å². The number of aryl methyl sites for hydroxylation is 1. The third-order valence-electron chi connectivity index (χ3n) is 3.43. The van der Waals surface area contributed by atoms with E-state index in [-0.39, 0.29) is 5.92 Å². The minimum absolute atomic E-state index is 0.0688. The van der Waals surface area contributed by atoms with Gasteiger partial charge in [0.25, 0.3) is 0 Å². The fourth-order valence-corrected chi connectivity index (χ4v) is 2.12. The first kappa shape index (κ1) is 14.3. The summed E-state index contributed by atoms with van der Waals surface area (Å²) >= 11 is 0. The number of pyridine rings is 1. The number of carbonyl (C=O) groups is 2. The number of nitrogens with zero attached hydrogens (tertiary/aromatic N) is 1. The van der Waals surface area contributed by atoms with Crippen LogP contribution in [0.1, 0.15) is 31.0 Å². The summed E-state index contributed by atoms with van der Waals surface area (Å²) in [5.74, 6) is -0.908. The Hall–Kier alpha value is -2.11. The predicted octanol–water partition coefficient (Wildman–Crippen LogP) is 1.31. The van der Waals surface area contributed by atoms with E-state index in [0.29, 0.717) is 6.54 Å². The average Bonchev–Trinajstić information content (AvgIpc) is 3.27. The second kappa shape index (κ2) is 6.36. The molecule has 0 saturated heterocycles. The lowest BCUT2D eigenvalue weighted by molar-refractivity contribution is -0.139. The van der Waals surface area contributed by atoms with Crippen LogP contribution in [0.25, 0.3) is 0 Å². The molecule has 20 heavy (non-hydrogen) atoms. The summed E-state index contributed by atoms with van der Waals surface area (Å²) in [6, 6.07) is 2.57. The average molecular weight is 277 g/mol. The van der Waals surface area contributed by atoms with Crippen LogP contribution >= 0.6 is 0 Å². The maximum absolute atomic E-state index is 11.7. The Morgan fingerprint density at radius 2 is 2.25 bits per heavy atom. The molecule has 2 rings (SSSR count). The highest BCUT2D eigenvalue weighted by Gasteiger charge is 2.37. The standard InChI is InChI=1S/C14H19N3O3/c1-2-9-4-3-7-15-11(9)8-16-14(20)17-12(13(18)19)10-5-6-10/h3-4,7,10,12H,2,5-6,8H2,1H3,(H,18,19)(H2,16,17,20). The fraction of sp³-hybridized carbons (Fsp3) is 0.500. The van der Waals surface area contributed by atoms with Crippen molar-refractivity contribution in [3.8, 4) is 0 Å². The lowest BCUT2D eigenvalue weighted by Gasteiger charge is -2.14. The molecule has 0 radical (unpaired) electrons. The zero-order valence-electron chi connectivity index (χ0n) is 11.4. The molecule has 2 amide bonds. The van der Waals surface area contributed by atoms with Gasteiger partial charge in [-0.1, -0.05) is 13.0 Å². The van der Waals surface area contributed by atoms with Crippen molar-refractivity contribution in [1.82, 2.24) is 15.6 Å². The first-order valence-corrected chi connectivity index (χ1v) is 6.81. The Kier molecular flexibility index (Phi) is 4.55. The Morgan fingerprint density at radius 3 is 2.85 bits per heavy atom. The second-order valence-corrected chi connectivity index (χ2v) is 4.94. The number of hydrogen-bond donors (Lipinski definition) is 3. The molecule has 1 aromatic rings. The molecule has 1 heterocycles. The van der Waals surface area contributed by atoms with Crippen molar-refractivity contribution in [3.63, 3.8) is 0 Å². The van der Waals surface area contributed by atoms with E-state index in [2.05, 4.69) is 15.6 Å². The Balaban J connectivity index is 1.87. The normalized spacial score (nSPS) is 15.4. The van der Waals surface area contributed by atoms with Crippen LogP contribution in [0.3, 0.4) is 0 Å². The van der Waals surface area contributed by atoms with E-state index in [1.807, 2.05) is 19.1 Å². The van der Waals surface area contributed by atoms with E-state index in [0.717, 1.165) is 30.5 Å². The summed E-state index contributed by atoms with van der Waals surface area (Å²) < 4.78 is 0. The molecule has 1 aliphatic carbocycles. The lowest BCUT2D eigenvalue weighted by Crippen LogP contribution is -2.47. The van der Waals surface area contributed by atoms with E-state index in [4.69, 9.17) is 5.11 Å². The lowest BCUT2D eigenvalue weighted by atomic mass is 10.1. The summed E-state index contributed by atoms with van der Waals surface area (Å²) in [7, 11) is 0. The van der Waals surface area contributed by atoms with E-state index in [9.17, 15) is 9.59 Å². The number of carbonyl (C=O) groups excluding carboxylic acids is 1. The first-order chi connectivity index (χ1) is 9.61. The van der Waals surface area contributed by atoms with Gasteiger partial charge in [-0.2, -0.15) is 0 Å². The fourth-order valence-electron chi connectivity index (χ4n) is 2.12. The van der Waals surface area contributed by atoms with Gasteiger partial charge in [0, 0.05) is 6.20 Å². The van der Waals surface area contributed by atoms with Crippen molar-refractivity contribution < 1.29 is 14.7 Å².